The quantitative estimate of drug-likeness (QED) is 0.573. The first-order valence-electron chi connectivity index (χ1n) is 5.80. The third-order valence-electron chi connectivity index (χ3n) is 2.83. The van der Waals surface area contributed by atoms with Gasteiger partial charge in [0.1, 0.15) is 6.04 Å². The van der Waals surface area contributed by atoms with Crippen LogP contribution in [0.25, 0.3) is 0 Å². The van der Waals surface area contributed by atoms with Crippen LogP contribution in [0.4, 0.5) is 0 Å². The smallest absolute Gasteiger partial charge is 0.249 e. The van der Waals surface area contributed by atoms with Crippen molar-refractivity contribution in [2.24, 2.45) is 5.73 Å². The van der Waals surface area contributed by atoms with Crippen molar-refractivity contribution in [3.63, 3.8) is 0 Å². The Morgan fingerprint density at radius 2 is 2.24 bits per heavy atom. The van der Waals surface area contributed by atoms with Gasteiger partial charge in [-0.15, -0.1) is 0 Å². The number of nitrogens with two attached hydrogens (primary N) is 1. The van der Waals surface area contributed by atoms with Gasteiger partial charge in [-0.25, -0.2) is 0 Å². The molecule has 4 N–H and O–H groups in total. The Kier molecular flexibility index (Phi) is 4.22. The van der Waals surface area contributed by atoms with Crippen LogP contribution < -0.4 is 16.4 Å². The number of rotatable bonds is 4. The first-order valence-corrected chi connectivity index (χ1v) is 5.80. The molecule has 0 saturated carbocycles. The van der Waals surface area contributed by atoms with Crippen molar-refractivity contribution < 1.29 is 14.4 Å². The molecule has 1 rings (SSSR count). The number of carbonyl (C=O) groups excluding carboxylic acids is 3. The zero-order valence-corrected chi connectivity index (χ0v) is 10.2. The standard InChI is InChI=1S/C11H19N3O3/c1-3-6-11(2,12)10(17)13-7-4-5-8(15)14-9(7)16/h7H,3-6,12H2,1-2H3,(H,13,17)(H,14,15,16). The van der Waals surface area contributed by atoms with E-state index in [0.29, 0.717) is 12.8 Å². The fraction of sp³-hybridized carbons (Fsp3) is 0.727. The molecule has 1 heterocycles. The minimum Gasteiger partial charge on any atom is -0.343 e. The molecule has 0 aromatic heterocycles. The first-order chi connectivity index (χ1) is 7.86. The average Bonchev–Trinajstić information content (AvgIpc) is 2.22. The zero-order chi connectivity index (χ0) is 13.1. The Labute approximate surface area is 100 Å². The van der Waals surface area contributed by atoms with E-state index in [-0.39, 0.29) is 18.2 Å². The highest BCUT2D eigenvalue weighted by Crippen LogP contribution is 2.11. The second-order valence-corrected chi connectivity index (χ2v) is 4.64. The number of nitrogens with one attached hydrogen (secondary N) is 2. The summed E-state index contributed by atoms with van der Waals surface area (Å²) < 4.78 is 0. The van der Waals surface area contributed by atoms with Gasteiger partial charge in [-0.1, -0.05) is 13.3 Å². The van der Waals surface area contributed by atoms with Crippen LogP contribution in [-0.2, 0) is 14.4 Å². The fourth-order valence-corrected chi connectivity index (χ4v) is 1.79. The number of carbonyl (C=O) groups is 3. The van der Waals surface area contributed by atoms with Crippen molar-refractivity contribution in [1.29, 1.82) is 0 Å². The molecule has 96 valence electrons. The normalized spacial score (nSPS) is 23.8. The first kappa shape index (κ1) is 13.6. The number of hydrogen-bond donors (Lipinski definition) is 3. The Bertz CT molecular complexity index is 339. The number of imide groups is 1. The summed E-state index contributed by atoms with van der Waals surface area (Å²) in [7, 11) is 0. The van der Waals surface area contributed by atoms with E-state index in [2.05, 4.69) is 10.6 Å². The molecule has 1 aliphatic rings. The van der Waals surface area contributed by atoms with E-state index >= 15 is 0 Å². The monoisotopic (exact) mass is 241 g/mol. The van der Waals surface area contributed by atoms with Crippen LogP contribution >= 0.6 is 0 Å². The van der Waals surface area contributed by atoms with Gasteiger partial charge in [-0.3, -0.25) is 19.7 Å². The second-order valence-electron chi connectivity index (χ2n) is 4.64. The van der Waals surface area contributed by atoms with Crippen molar-refractivity contribution in [3.05, 3.63) is 0 Å². The Morgan fingerprint density at radius 3 is 2.76 bits per heavy atom. The maximum absolute atomic E-state index is 11.8. The second kappa shape index (κ2) is 5.27. The lowest BCUT2D eigenvalue weighted by atomic mass is 9.95. The fourth-order valence-electron chi connectivity index (χ4n) is 1.79. The molecule has 17 heavy (non-hydrogen) atoms. The summed E-state index contributed by atoms with van der Waals surface area (Å²) in [4.78, 5) is 34.2. The maximum Gasteiger partial charge on any atom is 0.249 e. The molecule has 0 aromatic carbocycles. The van der Waals surface area contributed by atoms with Crippen LogP contribution in [0.3, 0.4) is 0 Å². The summed E-state index contributed by atoms with van der Waals surface area (Å²) in [6.45, 7) is 3.57. The van der Waals surface area contributed by atoms with Crippen LogP contribution in [0.2, 0.25) is 0 Å². The largest absolute Gasteiger partial charge is 0.343 e. The summed E-state index contributed by atoms with van der Waals surface area (Å²) in [5, 5.41) is 4.77. The molecule has 2 atom stereocenters. The van der Waals surface area contributed by atoms with Crippen molar-refractivity contribution in [2.75, 3.05) is 0 Å². The summed E-state index contributed by atoms with van der Waals surface area (Å²) >= 11 is 0. The molecule has 0 aliphatic carbocycles. The third kappa shape index (κ3) is 3.52. The van der Waals surface area contributed by atoms with E-state index in [0.717, 1.165) is 6.42 Å². The van der Waals surface area contributed by atoms with Gasteiger partial charge in [0.2, 0.25) is 17.7 Å². The molecule has 6 heteroatoms. The summed E-state index contributed by atoms with van der Waals surface area (Å²) in [6, 6.07) is -0.653. The van der Waals surface area contributed by atoms with Gasteiger partial charge < -0.3 is 11.1 Å². The summed E-state index contributed by atoms with van der Waals surface area (Å²) in [5.74, 6) is -1.11. The van der Waals surface area contributed by atoms with E-state index in [1.807, 2.05) is 6.92 Å². The van der Waals surface area contributed by atoms with E-state index in [1.54, 1.807) is 6.92 Å². The molecule has 0 bridgehead atoms. The van der Waals surface area contributed by atoms with E-state index < -0.39 is 17.5 Å². The Balaban J connectivity index is 2.57. The molecule has 1 saturated heterocycles. The van der Waals surface area contributed by atoms with Crippen molar-refractivity contribution in [1.82, 2.24) is 10.6 Å². The van der Waals surface area contributed by atoms with Gasteiger partial charge in [0.15, 0.2) is 0 Å². The molecule has 0 spiro atoms. The van der Waals surface area contributed by atoms with E-state index in [4.69, 9.17) is 5.73 Å². The number of piperidine rings is 1. The van der Waals surface area contributed by atoms with Crippen molar-refractivity contribution in [2.45, 2.75) is 51.1 Å². The minimum absolute atomic E-state index is 0.242. The van der Waals surface area contributed by atoms with Crippen LogP contribution in [0.1, 0.15) is 39.5 Å². The average molecular weight is 241 g/mol. The predicted octanol–water partition coefficient (Wildman–Crippen LogP) is -0.575. The molecule has 0 radical (unpaired) electrons. The van der Waals surface area contributed by atoms with E-state index in [9.17, 15) is 14.4 Å². The lowest BCUT2D eigenvalue weighted by Gasteiger charge is -2.28. The highest BCUT2D eigenvalue weighted by molar-refractivity contribution is 6.02. The van der Waals surface area contributed by atoms with Gasteiger partial charge in [0.25, 0.3) is 0 Å². The number of hydrogen-bond acceptors (Lipinski definition) is 4. The lowest BCUT2D eigenvalue weighted by molar-refractivity contribution is -0.138. The Morgan fingerprint density at radius 1 is 1.59 bits per heavy atom. The molecular formula is C11H19N3O3. The minimum atomic E-state index is -0.976. The van der Waals surface area contributed by atoms with Gasteiger partial charge >= 0.3 is 0 Å². The SMILES string of the molecule is CCCC(C)(N)C(=O)NC1CCC(=O)NC1=O. The van der Waals surface area contributed by atoms with Crippen molar-refractivity contribution in [3.8, 4) is 0 Å². The van der Waals surface area contributed by atoms with Gasteiger partial charge in [0.05, 0.1) is 5.54 Å². The number of amides is 3. The van der Waals surface area contributed by atoms with Crippen molar-refractivity contribution >= 4 is 17.7 Å². The molecule has 3 amide bonds. The molecule has 2 unspecified atom stereocenters. The van der Waals surface area contributed by atoms with Gasteiger partial charge in [0, 0.05) is 6.42 Å². The van der Waals surface area contributed by atoms with Gasteiger partial charge in [-0.2, -0.15) is 0 Å². The van der Waals surface area contributed by atoms with E-state index in [1.165, 1.54) is 0 Å². The van der Waals surface area contributed by atoms with Crippen LogP contribution in [-0.4, -0.2) is 29.3 Å². The summed E-state index contributed by atoms with van der Waals surface area (Å²) in [5.41, 5.74) is 4.87. The highest BCUT2D eigenvalue weighted by Gasteiger charge is 2.33. The van der Waals surface area contributed by atoms with Crippen LogP contribution in [0.15, 0.2) is 0 Å². The highest BCUT2D eigenvalue weighted by atomic mass is 16.2. The molecular weight excluding hydrogens is 222 g/mol. The summed E-state index contributed by atoms with van der Waals surface area (Å²) in [6.07, 6.45) is 1.91. The molecule has 0 aromatic rings. The van der Waals surface area contributed by atoms with Crippen LogP contribution in [0.5, 0.6) is 0 Å². The van der Waals surface area contributed by atoms with Crippen LogP contribution in [0, 0.1) is 0 Å². The zero-order valence-electron chi connectivity index (χ0n) is 10.2. The van der Waals surface area contributed by atoms with Gasteiger partial charge in [-0.05, 0) is 19.8 Å². The molecule has 1 fully saturated rings. The Hall–Kier alpha value is -1.43. The maximum atomic E-state index is 11.8. The topological polar surface area (TPSA) is 101 Å². The predicted molar refractivity (Wildman–Crippen MR) is 61.8 cm³/mol. The molecule has 1 aliphatic heterocycles. The third-order valence-corrected chi connectivity index (χ3v) is 2.83. The molecule has 6 nitrogen and oxygen atoms in total. The lowest BCUT2D eigenvalue weighted by Crippen LogP contribution is -2.59.